The molecule has 0 bridgehead atoms. The molecule has 1 aromatic heterocycles. The van der Waals surface area contributed by atoms with E-state index in [4.69, 9.17) is 5.11 Å². The first kappa shape index (κ1) is 13.9. The summed E-state index contributed by atoms with van der Waals surface area (Å²) in [5, 5.41) is 9.05. The molecular formula is C13H8F3NO3. The molecule has 1 heterocycles. The van der Waals surface area contributed by atoms with Crippen LogP contribution in [0.25, 0.3) is 11.1 Å². The molecule has 7 heteroatoms. The molecule has 1 aromatic carbocycles. The Bertz CT molecular complexity index is 647. The van der Waals surface area contributed by atoms with Gasteiger partial charge in [-0.25, -0.2) is 9.18 Å². The first-order valence-electron chi connectivity index (χ1n) is 5.41. The Balaban J connectivity index is 2.66. The highest BCUT2D eigenvalue weighted by Crippen LogP contribution is 2.35. The fraction of sp³-hybridized carbons (Fsp3) is 0.0769. The van der Waals surface area contributed by atoms with Gasteiger partial charge in [0, 0.05) is 18.0 Å². The summed E-state index contributed by atoms with van der Waals surface area (Å²) >= 11 is 0. The molecule has 0 aliphatic heterocycles. The molecule has 0 unspecified atom stereocenters. The van der Waals surface area contributed by atoms with E-state index in [9.17, 15) is 18.0 Å². The standard InChI is InChI=1S/C13H8F3NO3/c14-9-2-1-3-10(20-13(15)16)11(9)8-6-17-5-4-7(8)12(18)19/h1-6,13H,(H,18,19). The molecular weight excluding hydrogens is 275 g/mol. The Hall–Kier alpha value is -2.57. The van der Waals surface area contributed by atoms with Crippen molar-refractivity contribution in [2.24, 2.45) is 0 Å². The Kier molecular flexibility index (Phi) is 3.88. The van der Waals surface area contributed by atoms with E-state index in [1.165, 1.54) is 12.3 Å². The van der Waals surface area contributed by atoms with Gasteiger partial charge in [0.05, 0.1) is 11.1 Å². The van der Waals surface area contributed by atoms with E-state index in [-0.39, 0.29) is 16.7 Å². The number of hydrogen-bond donors (Lipinski definition) is 1. The molecule has 0 atom stereocenters. The molecule has 2 rings (SSSR count). The van der Waals surface area contributed by atoms with Gasteiger partial charge in [-0.2, -0.15) is 8.78 Å². The minimum Gasteiger partial charge on any atom is -0.478 e. The summed E-state index contributed by atoms with van der Waals surface area (Å²) in [4.78, 5) is 14.8. The van der Waals surface area contributed by atoms with Gasteiger partial charge in [0.2, 0.25) is 0 Å². The van der Waals surface area contributed by atoms with E-state index in [1.54, 1.807) is 0 Å². The van der Waals surface area contributed by atoms with Crippen molar-refractivity contribution in [1.82, 2.24) is 4.98 Å². The maximum atomic E-state index is 13.9. The SMILES string of the molecule is O=C(O)c1ccncc1-c1c(F)cccc1OC(F)F. The van der Waals surface area contributed by atoms with Crippen LogP contribution in [0.1, 0.15) is 10.4 Å². The third-order valence-electron chi connectivity index (χ3n) is 2.51. The van der Waals surface area contributed by atoms with Crippen molar-refractivity contribution >= 4 is 5.97 Å². The number of rotatable bonds is 4. The minimum atomic E-state index is -3.15. The van der Waals surface area contributed by atoms with Crippen LogP contribution in [0.5, 0.6) is 5.75 Å². The number of carbonyl (C=O) groups is 1. The number of halogens is 3. The fourth-order valence-electron chi connectivity index (χ4n) is 1.74. The summed E-state index contributed by atoms with van der Waals surface area (Å²) in [7, 11) is 0. The van der Waals surface area contributed by atoms with E-state index >= 15 is 0 Å². The van der Waals surface area contributed by atoms with E-state index in [0.717, 1.165) is 24.4 Å². The van der Waals surface area contributed by atoms with Gasteiger partial charge in [-0.1, -0.05) is 6.07 Å². The Morgan fingerprint density at radius 3 is 2.70 bits per heavy atom. The van der Waals surface area contributed by atoms with Gasteiger partial charge >= 0.3 is 12.6 Å². The summed E-state index contributed by atoms with van der Waals surface area (Å²) in [6, 6.07) is 4.49. The smallest absolute Gasteiger partial charge is 0.387 e. The predicted molar refractivity (Wildman–Crippen MR) is 63.2 cm³/mol. The van der Waals surface area contributed by atoms with Gasteiger partial charge in [0.1, 0.15) is 11.6 Å². The van der Waals surface area contributed by atoms with Crippen molar-refractivity contribution in [2.45, 2.75) is 6.61 Å². The zero-order valence-electron chi connectivity index (χ0n) is 9.89. The fourth-order valence-corrected chi connectivity index (χ4v) is 1.74. The molecule has 2 aromatic rings. The van der Waals surface area contributed by atoms with Crippen LogP contribution in [0.3, 0.4) is 0 Å². The first-order valence-corrected chi connectivity index (χ1v) is 5.41. The maximum Gasteiger partial charge on any atom is 0.387 e. The quantitative estimate of drug-likeness (QED) is 0.936. The highest BCUT2D eigenvalue weighted by molar-refractivity contribution is 5.96. The number of carboxylic acid groups (broad SMARTS) is 1. The van der Waals surface area contributed by atoms with Gasteiger partial charge in [-0.3, -0.25) is 4.98 Å². The zero-order chi connectivity index (χ0) is 14.7. The summed E-state index contributed by atoms with van der Waals surface area (Å²) in [5.74, 6) is -2.65. The lowest BCUT2D eigenvalue weighted by Gasteiger charge is -2.13. The van der Waals surface area contributed by atoms with Gasteiger partial charge in [-0.15, -0.1) is 0 Å². The van der Waals surface area contributed by atoms with E-state index in [0.29, 0.717) is 0 Å². The van der Waals surface area contributed by atoms with E-state index < -0.39 is 24.1 Å². The summed E-state index contributed by atoms with van der Waals surface area (Å²) in [6.07, 6.45) is 2.29. The van der Waals surface area contributed by atoms with Crippen LogP contribution < -0.4 is 4.74 Å². The van der Waals surface area contributed by atoms with Gasteiger partial charge in [-0.05, 0) is 18.2 Å². The van der Waals surface area contributed by atoms with Crippen molar-refractivity contribution < 1.29 is 27.8 Å². The summed E-state index contributed by atoms with van der Waals surface area (Å²) < 4.78 is 42.8. The lowest BCUT2D eigenvalue weighted by molar-refractivity contribution is -0.0495. The highest BCUT2D eigenvalue weighted by Gasteiger charge is 2.20. The monoisotopic (exact) mass is 283 g/mol. The third-order valence-corrected chi connectivity index (χ3v) is 2.51. The molecule has 0 saturated heterocycles. The number of aromatic nitrogens is 1. The highest BCUT2D eigenvalue weighted by atomic mass is 19.3. The van der Waals surface area contributed by atoms with Crippen LogP contribution in [-0.2, 0) is 0 Å². The molecule has 1 N–H and O–H groups in total. The van der Waals surface area contributed by atoms with Crippen molar-refractivity contribution in [3.63, 3.8) is 0 Å². The number of hydrogen-bond acceptors (Lipinski definition) is 3. The normalized spacial score (nSPS) is 10.6. The number of alkyl halides is 2. The van der Waals surface area contributed by atoms with Crippen molar-refractivity contribution in [1.29, 1.82) is 0 Å². The molecule has 4 nitrogen and oxygen atoms in total. The summed E-state index contributed by atoms with van der Waals surface area (Å²) in [5.41, 5.74) is -0.753. The van der Waals surface area contributed by atoms with Crippen LogP contribution >= 0.6 is 0 Å². The number of pyridine rings is 1. The van der Waals surface area contributed by atoms with E-state index in [2.05, 4.69) is 9.72 Å². The molecule has 0 spiro atoms. The Labute approximate surface area is 111 Å². The second kappa shape index (κ2) is 5.60. The molecule has 0 aliphatic carbocycles. The molecule has 0 aliphatic rings. The first-order chi connectivity index (χ1) is 9.50. The maximum absolute atomic E-state index is 13.9. The van der Waals surface area contributed by atoms with E-state index in [1.807, 2.05) is 0 Å². The number of aromatic carboxylic acids is 1. The Morgan fingerprint density at radius 2 is 2.05 bits per heavy atom. The second-order valence-corrected chi connectivity index (χ2v) is 3.72. The summed E-state index contributed by atoms with van der Waals surface area (Å²) in [6.45, 7) is -3.15. The molecule has 0 radical (unpaired) electrons. The van der Waals surface area contributed by atoms with Crippen LogP contribution in [0.2, 0.25) is 0 Å². The van der Waals surface area contributed by atoms with Gasteiger partial charge < -0.3 is 9.84 Å². The number of carboxylic acids is 1. The van der Waals surface area contributed by atoms with Crippen LogP contribution in [-0.4, -0.2) is 22.7 Å². The van der Waals surface area contributed by atoms with Gasteiger partial charge in [0.25, 0.3) is 0 Å². The molecule has 0 fully saturated rings. The predicted octanol–water partition coefficient (Wildman–Crippen LogP) is 3.19. The lowest BCUT2D eigenvalue weighted by Crippen LogP contribution is -2.06. The largest absolute Gasteiger partial charge is 0.478 e. The van der Waals surface area contributed by atoms with Crippen molar-refractivity contribution in [3.8, 4) is 16.9 Å². The van der Waals surface area contributed by atoms with Crippen LogP contribution in [0.15, 0.2) is 36.7 Å². The topological polar surface area (TPSA) is 59.4 Å². The minimum absolute atomic E-state index is 0.131. The van der Waals surface area contributed by atoms with Crippen molar-refractivity contribution in [3.05, 3.63) is 48.0 Å². The molecule has 20 heavy (non-hydrogen) atoms. The van der Waals surface area contributed by atoms with Crippen LogP contribution in [0.4, 0.5) is 13.2 Å². The third kappa shape index (κ3) is 2.71. The number of ether oxygens (including phenoxy) is 1. The average molecular weight is 283 g/mol. The Morgan fingerprint density at radius 1 is 1.30 bits per heavy atom. The number of benzene rings is 1. The average Bonchev–Trinajstić information content (AvgIpc) is 2.38. The van der Waals surface area contributed by atoms with Crippen molar-refractivity contribution in [2.75, 3.05) is 0 Å². The van der Waals surface area contributed by atoms with Crippen LogP contribution in [0, 0.1) is 5.82 Å². The second-order valence-electron chi connectivity index (χ2n) is 3.72. The zero-order valence-corrected chi connectivity index (χ0v) is 9.89. The molecule has 0 saturated carbocycles. The molecule has 0 amide bonds. The van der Waals surface area contributed by atoms with Gasteiger partial charge in [0.15, 0.2) is 0 Å². The lowest BCUT2D eigenvalue weighted by atomic mass is 10.0. The molecule has 104 valence electrons. The number of nitrogens with zero attached hydrogens (tertiary/aromatic N) is 1.